The first-order valence-corrected chi connectivity index (χ1v) is 8.78. The summed E-state index contributed by atoms with van der Waals surface area (Å²) in [6.07, 6.45) is 0. The van der Waals surface area contributed by atoms with E-state index in [0.29, 0.717) is 27.8 Å². The Hall–Kier alpha value is -2.93. The summed E-state index contributed by atoms with van der Waals surface area (Å²) in [5, 5.41) is 3.37. The highest BCUT2D eigenvalue weighted by atomic mass is 35.5. The van der Waals surface area contributed by atoms with Crippen molar-refractivity contribution in [2.24, 2.45) is 0 Å². The molecule has 0 saturated carbocycles. The van der Waals surface area contributed by atoms with Crippen molar-refractivity contribution in [1.29, 1.82) is 0 Å². The van der Waals surface area contributed by atoms with Gasteiger partial charge in [-0.05, 0) is 48.9 Å². The van der Waals surface area contributed by atoms with Crippen LogP contribution in [0.25, 0.3) is 0 Å². The van der Waals surface area contributed by atoms with Gasteiger partial charge in [0.05, 0.1) is 6.54 Å². The highest BCUT2D eigenvalue weighted by Gasteiger charge is 2.49. The predicted octanol–water partition coefficient (Wildman–Crippen LogP) is 2.91. The van der Waals surface area contributed by atoms with Crippen LogP contribution in [0.4, 0.5) is 4.79 Å². The van der Waals surface area contributed by atoms with Gasteiger partial charge in [0.25, 0.3) is 5.91 Å². The summed E-state index contributed by atoms with van der Waals surface area (Å²) in [6.45, 7) is 2.13. The Morgan fingerprint density at radius 1 is 1.15 bits per heavy atom. The van der Waals surface area contributed by atoms with Crippen LogP contribution >= 0.6 is 11.6 Å². The Labute approximate surface area is 160 Å². The minimum absolute atomic E-state index is 0.132. The third-order valence-corrected chi connectivity index (χ3v) is 4.87. The van der Waals surface area contributed by atoms with Gasteiger partial charge < -0.3 is 19.5 Å². The number of carbonyl (C=O) groups is 2. The average molecular weight is 389 g/mol. The van der Waals surface area contributed by atoms with E-state index >= 15 is 0 Å². The molecule has 0 aromatic heterocycles. The SMILES string of the molecule is C[C@]1(c2ccc3c(c2)OCO3)NC(=O)N(CCOc2ccc(Cl)cc2)C1=O. The summed E-state index contributed by atoms with van der Waals surface area (Å²) >= 11 is 5.83. The first kappa shape index (κ1) is 17.5. The molecule has 1 fully saturated rings. The van der Waals surface area contributed by atoms with E-state index in [9.17, 15) is 9.59 Å². The van der Waals surface area contributed by atoms with Crippen LogP contribution in [0.5, 0.6) is 17.2 Å². The van der Waals surface area contributed by atoms with E-state index < -0.39 is 11.6 Å². The molecule has 140 valence electrons. The zero-order chi connectivity index (χ0) is 19.0. The van der Waals surface area contributed by atoms with E-state index in [4.69, 9.17) is 25.8 Å². The number of urea groups is 1. The van der Waals surface area contributed by atoms with E-state index in [1.807, 2.05) is 0 Å². The highest BCUT2D eigenvalue weighted by molar-refractivity contribution is 6.30. The van der Waals surface area contributed by atoms with Gasteiger partial charge in [-0.1, -0.05) is 17.7 Å². The van der Waals surface area contributed by atoms with Crippen molar-refractivity contribution in [3.63, 3.8) is 0 Å². The lowest BCUT2D eigenvalue weighted by molar-refractivity contribution is -0.131. The van der Waals surface area contributed by atoms with Crippen LogP contribution in [-0.2, 0) is 10.3 Å². The lowest BCUT2D eigenvalue weighted by Gasteiger charge is -2.22. The highest BCUT2D eigenvalue weighted by Crippen LogP contribution is 2.37. The van der Waals surface area contributed by atoms with Gasteiger partial charge in [0.2, 0.25) is 6.79 Å². The Morgan fingerprint density at radius 2 is 1.89 bits per heavy atom. The van der Waals surface area contributed by atoms with E-state index in [1.165, 1.54) is 0 Å². The van der Waals surface area contributed by atoms with Crippen molar-refractivity contribution in [2.45, 2.75) is 12.5 Å². The number of rotatable bonds is 5. The molecule has 7 nitrogen and oxygen atoms in total. The molecule has 0 radical (unpaired) electrons. The van der Waals surface area contributed by atoms with Gasteiger partial charge >= 0.3 is 6.03 Å². The summed E-state index contributed by atoms with van der Waals surface area (Å²) in [5.74, 6) is 1.45. The minimum atomic E-state index is -1.17. The number of hydrogen-bond donors (Lipinski definition) is 1. The number of halogens is 1. The molecule has 8 heteroatoms. The van der Waals surface area contributed by atoms with Crippen LogP contribution < -0.4 is 19.5 Å². The van der Waals surface area contributed by atoms with Crippen molar-refractivity contribution < 1.29 is 23.8 Å². The summed E-state index contributed by atoms with van der Waals surface area (Å²) in [7, 11) is 0. The molecule has 2 aliphatic heterocycles. The maximum atomic E-state index is 12.9. The number of benzene rings is 2. The molecule has 2 aliphatic rings. The number of amides is 3. The topological polar surface area (TPSA) is 77.1 Å². The molecule has 3 amide bonds. The maximum Gasteiger partial charge on any atom is 0.325 e. The van der Waals surface area contributed by atoms with Crippen molar-refractivity contribution in [2.75, 3.05) is 19.9 Å². The first-order valence-electron chi connectivity index (χ1n) is 8.40. The number of nitrogens with zero attached hydrogens (tertiary/aromatic N) is 1. The molecule has 0 spiro atoms. The van der Waals surface area contributed by atoms with E-state index in [1.54, 1.807) is 49.4 Å². The molecule has 1 N–H and O–H groups in total. The van der Waals surface area contributed by atoms with Gasteiger partial charge in [0, 0.05) is 5.02 Å². The van der Waals surface area contributed by atoms with Crippen LogP contribution in [0.2, 0.25) is 5.02 Å². The largest absolute Gasteiger partial charge is 0.492 e. The number of imide groups is 1. The van der Waals surface area contributed by atoms with Crippen LogP contribution in [0.3, 0.4) is 0 Å². The van der Waals surface area contributed by atoms with Gasteiger partial charge in [-0.2, -0.15) is 0 Å². The molecule has 2 aromatic carbocycles. The summed E-state index contributed by atoms with van der Waals surface area (Å²) in [5.41, 5.74) is -0.538. The normalized spacial score (nSPS) is 20.7. The van der Waals surface area contributed by atoms with E-state index in [2.05, 4.69) is 5.32 Å². The summed E-state index contributed by atoms with van der Waals surface area (Å²) < 4.78 is 16.2. The minimum Gasteiger partial charge on any atom is -0.492 e. The fourth-order valence-corrected chi connectivity index (χ4v) is 3.21. The number of ether oxygens (including phenoxy) is 3. The molecule has 1 atom stereocenters. The fraction of sp³-hybridized carbons (Fsp3) is 0.263. The molecule has 0 unspecified atom stereocenters. The standard InChI is InChI=1S/C19H17ClN2O5/c1-19(12-2-7-15-16(10-12)27-11-26-15)17(23)22(18(24)21-19)8-9-25-14-5-3-13(20)4-6-14/h2-7,10H,8-9,11H2,1H3,(H,21,24)/t19-/m1/s1. The Bertz CT molecular complexity index is 901. The molecule has 27 heavy (non-hydrogen) atoms. The quantitative estimate of drug-likeness (QED) is 0.797. The molecule has 2 aromatic rings. The lowest BCUT2D eigenvalue weighted by atomic mass is 9.91. The number of carbonyl (C=O) groups excluding carboxylic acids is 2. The Kier molecular flexibility index (Phi) is 4.31. The maximum absolute atomic E-state index is 12.9. The van der Waals surface area contributed by atoms with Crippen LogP contribution in [0, 0.1) is 0 Å². The summed E-state index contributed by atoms with van der Waals surface area (Å²) in [6, 6.07) is 11.6. The van der Waals surface area contributed by atoms with Crippen LogP contribution in [0.1, 0.15) is 12.5 Å². The molecule has 2 heterocycles. The predicted molar refractivity (Wildman–Crippen MR) is 97.1 cm³/mol. The van der Waals surface area contributed by atoms with Crippen molar-refractivity contribution >= 4 is 23.5 Å². The monoisotopic (exact) mass is 388 g/mol. The number of hydrogen-bond acceptors (Lipinski definition) is 5. The average Bonchev–Trinajstić information content (AvgIpc) is 3.21. The zero-order valence-electron chi connectivity index (χ0n) is 14.5. The number of nitrogens with one attached hydrogen (secondary N) is 1. The number of fused-ring (bicyclic) bond motifs is 1. The molecule has 4 rings (SSSR count). The smallest absolute Gasteiger partial charge is 0.325 e. The second kappa shape index (κ2) is 6.66. The van der Waals surface area contributed by atoms with E-state index in [0.717, 1.165) is 4.90 Å². The zero-order valence-corrected chi connectivity index (χ0v) is 15.3. The van der Waals surface area contributed by atoms with Crippen molar-refractivity contribution in [1.82, 2.24) is 10.2 Å². The van der Waals surface area contributed by atoms with Gasteiger partial charge in [0.15, 0.2) is 11.5 Å². The Balaban J connectivity index is 1.45. The lowest BCUT2D eigenvalue weighted by Crippen LogP contribution is -2.41. The molecular weight excluding hydrogens is 372 g/mol. The molecular formula is C19H17ClN2O5. The fourth-order valence-electron chi connectivity index (χ4n) is 3.09. The second-order valence-corrected chi connectivity index (χ2v) is 6.82. The Morgan fingerprint density at radius 3 is 2.67 bits per heavy atom. The molecule has 0 aliphatic carbocycles. The van der Waals surface area contributed by atoms with Crippen molar-refractivity contribution in [3.8, 4) is 17.2 Å². The third kappa shape index (κ3) is 3.14. The first-order chi connectivity index (χ1) is 13.0. The van der Waals surface area contributed by atoms with Crippen LogP contribution in [0.15, 0.2) is 42.5 Å². The van der Waals surface area contributed by atoms with Crippen molar-refractivity contribution in [3.05, 3.63) is 53.1 Å². The van der Waals surface area contributed by atoms with Gasteiger partial charge in [-0.25, -0.2) is 4.79 Å². The van der Waals surface area contributed by atoms with Gasteiger partial charge in [-0.3, -0.25) is 9.69 Å². The molecule has 1 saturated heterocycles. The van der Waals surface area contributed by atoms with Gasteiger partial charge in [-0.15, -0.1) is 0 Å². The second-order valence-electron chi connectivity index (χ2n) is 6.38. The molecule has 0 bridgehead atoms. The van der Waals surface area contributed by atoms with Crippen LogP contribution in [-0.4, -0.2) is 36.8 Å². The third-order valence-electron chi connectivity index (χ3n) is 4.62. The summed E-state index contributed by atoms with van der Waals surface area (Å²) in [4.78, 5) is 26.4. The van der Waals surface area contributed by atoms with Gasteiger partial charge in [0.1, 0.15) is 17.9 Å². The van der Waals surface area contributed by atoms with E-state index in [-0.39, 0.29) is 25.9 Å².